The third kappa shape index (κ3) is 11.9. The SMILES string of the molecule is CCCOCCCCCCCC[O]. The first-order valence-electron chi connectivity index (χ1n) is 5.57. The van der Waals surface area contributed by atoms with Gasteiger partial charge in [0, 0.05) is 13.2 Å². The quantitative estimate of drug-likeness (QED) is 0.483. The summed E-state index contributed by atoms with van der Waals surface area (Å²) >= 11 is 0. The zero-order chi connectivity index (χ0) is 9.78. The largest absolute Gasteiger partial charge is 0.381 e. The van der Waals surface area contributed by atoms with Crippen LogP contribution in [0.2, 0.25) is 0 Å². The number of hydrogen-bond donors (Lipinski definition) is 0. The van der Waals surface area contributed by atoms with Gasteiger partial charge in [0.25, 0.3) is 0 Å². The number of rotatable bonds is 10. The number of ether oxygens (including phenoxy) is 1. The fourth-order valence-electron chi connectivity index (χ4n) is 1.26. The molecule has 0 aromatic heterocycles. The highest BCUT2D eigenvalue weighted by Gasteiger charge is 1.91. The molecular weight excluding hydrogens is 164 g/mol. The molecule has 0 rings (SSSR count). The Balaban J connectivity index is 2.76. The Morgan fingerprint density at radius 1 is 0.846 bits per heavy atom. The third-order valence-electron chi connectivity index (χ3n) is 2.03. The molecule has 0 heterocycles. The van der Waals surface area contributed by atoms with E-state index in [1.165, 1.54) is 25.7 Å². The van der Waals surface area contributed by atoms with Crippen molar-refractivity contribution in [2.75, 3.05) is 19.8 Å². The van der Waals surface area contributed by atoms with E-state index in [4.69, 9.17) is 4.74 Å². The van der Waals surface area contributed by atoms with Crippen molar-refractivity contribution in [2.45, 2.75) is 51.9 Å². The van der Waals surface area contributed by atoms with Gasteiger partial charge in [-0.05, 0) is 19.3 Å². The fourth-order valence-corrected chi connectivity index (χ4v) is 1.26. The fraction of sp³-hybridized carbons (Fsp3) is 1.00. The molecule has 0 bridgehead atoms. The van der Waals surface area contributed by atoms with E-state index < -0.39 is 0 Å². The van der Waals surface area contributed by atoms with Gasteiger partial charge in [-0.15, -0.1) is 0 Å². The molecule has 1 radical (unpaired) electrons. The molecule has 2 nitrogen and oxygen atoms in total. The molecule has 0 fully saturated rings. The molecule has 0 amide bonds. The van der Waals surface area contributed by atoms with Gasteiger partial charge in [-0.2, -0.15) is 0 Å². The zero-order valence-corrected chi connectivity index (χ0v) is 8.89. The second kappa shape index (κ2) is 11.9. The molecule has 0 aliphatic carbocycles. The van der Waals surface area contributed by atoms with Crippen LogP contribution < -0.4 is 0 Å². The van der Waals surface area contributed by atoms with Crippen LogP contribution in [-0.4, -0.2) is 19.8 Å². The highest BCUT2D eigenvalue weighted by molar-refractivity contribution is 4.44. The summed E-state index contributed by atoms with van der Waals surface area (Å²) in [6.45, 7) is 4.04. The summed E-state index contributed by atoms with van der Waals surface area (Å²) in [5, 5.41) is 10.1. The van der Waals surface area contributed by atoms with Crippen molar-refractivity contribution in [3.8, 4) is 0 Å². The summed E-state index contributed by atoms with van der Waals surface area (Å²) in [7, 11) is 0. The molecule has 13 heavy (non-hydrogen) atoms. The zero-order valence-electron chi connectivity index (χ0n) is 8.89. The second-order valence-corrected chi connectivity index (χ2v) is 3.44. The standard InChI is InChI=1S/C11H23O2/c1-2-10-13-11-8-6-4-3-5-7-9-12/h2-11H2,1H3. The number of unbranched alkanes of at least 4 members (excludes halogenated alkanes) is 5. The monoisotopic (exact) mass is 187 g/mol. The van der Waals surface area contributed by atoms with Gasteiger partial charge in [0.15, 0.2) is 0 Å². The van der Waals surface area contributed by atoms with Gasteiger partial charge >= 0.3 is 0 Å². The molecule has 0 saturated heterocycles. The van der Waals surface area contributed by atoms with Crippen molar-refractivity contribution < 1.29 is 9.84 Å². The van der Waals surface area contributed by atoms with Crippen molar-refractivity contribution in [1.82, 2.24) is 0 Å². The van der Waals surface area contributed by atoms with Crippen LogP contribution in [0.3, 0.4) is 0 Å². The summed E-state index contributed by atoms with van der Waals surface area (Å²) in [5.74, 6) is 0. The van der Waals surface area contributed by atoms with Crippen LogP contribution in [0.4, 0.5) is 0 Å². The Labute approximate surface area is 82.3 Å². The van der Waals surface area contributed by atoms with Crippen molar-refractivity contribution >= 4 is 0 Å². The first kappa shape index (κ1) is 12.9. The Kier molecular flexibility index (Phi) is 11.8. The lowest BCUT2D eigenvalue weighted by molar-refractivity contribution is 0.130. The predicted molar refractivity (Wildman–Crippen MR) is 54.4 cm³/mol. The minimum atomic E-state index is 0.0968. The Morgan fingerprint density at radius 3 is 2.08 bits per heavy atom. The van der Waals surface area contributed by atoms with E-state index in [9.17, 15) is 5.11 Å². The van der Waals surface area contributed by atoms with Gasteiger partial charge in [-0.25, -0.2) is 5.11 Å². The van der Waals surface area contributed by atoms with Gasteiger partial charge in [0.1, 0.15) is 0 Å². The lowest BCUT2D eigenvalue weighted by atomic mass is 10.1. The van der Waals surface area contributed by atoms with Gasteiger partial charge in [0.2, 0.25) is 0 Å². The highest BCUT2D eigenvalue weighted by Crippen LogP contribution is 2.05. The normalized spacial score (nSPS) is 10.6. The van der Waals surface area contributed by atoms with Crippen LogP contribution in [0.25, 0.3) is 0 Å². The van der Waals surface area contributed by atoms with E-state index in [-0.39, 0.29) is 6.61 Å². The van der Waals surface area contributed by atoms with Crippen molar-refractivity contribution in [3.63, 3.8) is 0 Å². The van der Waals surface area contributed by atoms with Crippen LogP contribution >= 0.6 is 0 Å². The molecule has 0 aromatic rings. The molecule has 2 heteroatoms. The molecule has 0 N–H and O–H groups in total. The van der Waals surface area contributed by atoms with Gasteiger partial charge in [-0.1, -0.05) is 32.6 Å². The Hall–Kier alpha value is -0.0800. The van der Waals surface area contributed by atoms with Crippen LogP contribution in [0.1, 0.15) is 51.9 Å². The van der Waals surface area contributed by atoms with E-state index in [1.807, 2.05) is 0 Å². The van der Waals surface area contributed by atoms with E-state index in [1.54, 1.807) is 0 Å². The summed E-state index contributed by atoms with van der Waals surface area (Å²) in [6, 6.07) is 0. The average Bonchev–Trinajstić information content (AvgIpc) is 2.16. The second-order valence-electron chi connectivity index (χ2n) is 3.44. The van der Waals surface area contributed by atoms with Gasteiger partial charge in [-0.3, -0.25) is 0 Å². The van der Waals surface area contributed by atoms with E-state index in [0.29, 0.717) is 0 Å². The van der Waals surface area contributed by atoms with E-state index >= 15 is 0 Å². The molecule has 0 unspecified atom stereocenters. The summed E-state index contributed by atoms with van der Waals surface area (Å²) in [5.41, 5.74) is 0. The van der Waals surface area contributed by atoms with Crippen molar-refractivity contribution in [2.24, 2.45) is 0 Å². The maximum absolute atomic E-state index is 10.1. The molecule has 0 saturated carbocycles. The summed E-state index contributed by atoms with van der Waals surface area (Å²) < 4.78 is 5.36. The van der Waals surface area contributed by atoms with E-state index in [2.05, 4.69) is 6.92 Å². The molecule has 0 aliphatic rings. The topological polar surface area (TPSA) is 29.1 Å². The average molecular weight is 187 g/mol. The minimum absolute atomic E-state index is 0.0968. The Bertz CT molecular complexity index is 74.2. The lowest BCUT2D eigenvalue weighted by Crippen LogP contribution is -1.95. The van der Waals surface area contributed by atoms with Crippen LogP contribution in [0, 0.1) is 0 Å². The molecule has 79 valence electrons. The molecule has 0 atom stereocenters. The maximum Gasteiger partial charge on any atom is 0.0822 e. The smallest absolute Gasteiger partial charge is 0.0822 e. The van der Waals surface area contributed by atoms with Gasteiger partial charge < -0.3 is 4.74 Å². The predicted octanol–water partition coefficient (Wildman–Crippen LogP) is 3.18. The van der Waals surface area contributed by atoms with Crippen LogP contribution in [0.15, 0.2) is 0 Å². The van der Waals surface area contributed by atoms with Crippen molar-refractivity contribution in [1.29, 1.82) is 0 Å². The lowest BCUT2D eigenvalue weighted by Gasteiger charge is -2.02. The molecule has 0 aliphatic heterocycles. The van der Waals surface area contributed by atoms with Crippen LogP contribution in [-0.2, 0) is 9.84 Å². The molecular formula is C11H23O2. The highest BCUT2D eigenvalue weighted by atomic mass is 16.5. The summed E-state index contributed by atoms with van der Waals surface area (Å²) in [4.78, 5) is 0. The number of hydrogen-bond acceptors (Lipinski definition) is 1. The Morgan fingerprint density at radius 2 is 1.46 bits per heavy atom. The third-order valence-corrected chi connectivity index (χ3v) is 2.03. The minimum Gasteiger partial charge on any atom is -0.381 e. The van der Waals surface area contributed by atoms with Crippen LogP contribution in [0.5, 0.6) is 0 Å². The van der Waals surface area contributed by atoms with E-state index in [0.717, 1.165) is 32.5 Å². The maximum atomic E-state index is 10.1. The first-order chi connectivity index (χ1) is 6.41. The van der Waals surface area contributed by atoms with Crippen molar-refractivity contribution in [3.05, 3.63) is 0 Å². The first-order valence-corrected chi connectivity index (χ1v) is 5.57. The summed E-state index contributed by atoms with van der Waals surface area (Å²) in [6.07, 6.45) is 7.99. The molecule has 0 aromatic carbocycles. The molecule has 0 spiro atoms. The van der Waals surface area contributed by atoms with Gasteiger partial charge in [0.05, 0.1) is 6.61 Å².